The smallest absolute Gasteiger partial charge is 0.307 e. The van der Waals surface area contributed by atoms with Gasteiger partial charge in [0.1, 0.15) is 0 Å². The fraction of sp³-hybridized carbons (Fsp3) is 0.562. The van der Waals surface area contributed by atoms with E-state index < -0.39 is 22.1 Å². The molecule has 0 aliphatic heterocycles. The van der Waals surface area contributed by atoms with Gasteiger partial charge in [0.25, 0.3) is 0 Å². The second-order valence-electron chi connectivity index (χ2n) is 5.76. The van der Waals surface area contributed by atoms with Crippen LogP contribution in [-0.2, 0) is 21.2 Å². The molecule has 23 heavy (non-hydrogen) atoms. The van der Waals surface area contributed by atoms with Gasteiger partial charge in [-0.2, -0.15) is 0 Å². The van der Waals surface area contributed by atoms with E-state index in [9.17, 15) is 18.3 Å². The third-order valence-corrected chi connectivity index (χ3v) is 5.65. The second-order valence-corrected chi connectivity index (χ2v) is 7.47. The van der Waals surface area contributed by atoms with Crippen LogP contribution in [0.15, 0.2) is 11.0 Å². The van der Waals surface area contributed by atoms with Crippen molar-refractivity contribution in [2.45, 2.75) is 58.0 Å². The van der Waals surface area contributed by atoms with Crippen molar-refractivity contribution >= 4 is 16.0 Å². The standard InChI is InChI=1S/C16H25NO5S/c1-5-13(18)6-7-17-23(21,22)16-11(3)8-10(2)14(12(16)4)9-15(19)20/h8,13,17-18H,5-7,9H2,1-4H3,(H,19,20). The molecule has 1 unspecified atom stereocenters. The lowest BCUT2D eigenvalue weighted by Crippen LogP contribution is -2.29. The molecule has 0 saturated heterocycles. The van der Waals surface area contributed by atoms with Crippen molar-refractivity contribution in [2.75, 3.05) is 6.54 Å². The fourth-order valence-electron chi connectivity index (χ4n) is 2.68. The molecule has 0 fully saturated rings. The molecule has 1 atom stereocenters. The fourth-order valence-corrected chi connectivity index (χ4v) is 4.22. The minimum absolute atomic E-state index is 0.130. The van der Waals surface area contributed by atoms with E-state index in [4.69, 9.17) is 5.11 Å². The van der Waals surface area contributed by atoms with E-state index in [1.165, 1.54) is 0 Å². The first-order chi connectivity index (χ1) is 10.6. The Morgan fingerprint density at radius 3 is 2.39 bits per heavy atom. The highest BCUT2D eigenvalue weighted by atomic mass is 32.2. The first-order valence-corrected chi connectivity index (χ1v) is 9.07. The van der Waals surface area contributed by atoms with E-state index in [1.807, 2.05) is 6.92 Å². The third kappa shape index (κ3) is 5.02. The van der Waals surface area contributed by atoms with Gasteiger partial charge in [0.2, 0.25) is 10.0 Å². The van der Waals surface area contributed by atoms with Gasteiger partial charge in [-0.05, 0) is 55.9 Å². The van der Waals surface area contributed by atoms with Crippen molar-refractivity contribution in [2.24, 2.45) is 0 Å². The summed E-state index contributed by atoms with van der Waals surface area (Å²) in [6.45, 7) is 7.07. The average Bonchev–Trinajstić information content (AvgIpc) is 2.42. The Morgan fingerprint density at radius 2 is 1.87 bits per heavy atom. The van der Waals surface area contributed by atoms with Gasteiger partial charge >= 0.3 is 5.97 Å². The van der Waals surface area contributed by atoms with Crippen LogP contribution >= 0.6 is 0 Å². The largest absolute Gasteiger partial charge is 0.481 e. The zero-order valence-corrected chi connectivity index (χ0v) is 14.8. The predicted octanol–water partition coefficient (Wildman–Crippen LogP) is 1.68. The molecule has 3 N–H and O–H groups in total. The zero-order valence-electron chi connectivity index (χ0n) is 14.0. The van der Waals surface area contributed by atoms with Crippen molar-refractivity contribution < 1.29 is 23.4 Å². The van der Waals surface area contributed by atoms with E-state index in [0.29, 0.717) is 29.5 Å². The quantitative estimate of drug-likeness (QED) is 0.666. The maximum absolute atomic E-state index is 12.6. The molecule has 0 aliphatic rings. The average molecular weight is 343 g/mol. The summed E-state index contributed by atoms with van der Waals surface area (Å²) in [6.07, 6.45) is 0.143. The topological polar surface area (TPSA) is 104 Å². The number of aliphatic hydroxyl groups is 1. The van der Waals surface area contributed by atoms with Gasteiger partial charge < -0.3 is 10.2 Å². The molecule has 130 valence electrons. The minimum atomic E-state index is -3.75. The number of carboxylic acids is 1. The number of aryl methyl sites for hydroxylation is 2. The summed E-state index contributed by atoms with van der Waals surface area (Å²) in [5.41, 5.74) is 2.34. The van der Waals surface area contributed by atoms with Crippen molar-refractivity contribution in [3.8, 4) is 0 Å². The molecule has 0 amide bonds. The van der Waals surface area contributed by atoms with Gasteiger partial charge in [0.15, 0.2) is 0 Å². The number of hydrogen-bond donors (Lipinski definition) is 3. The zero-order chi connectivity index (χ0) is 17.8. The maximum Gasteiger partial charge on any atom is 0.307 e. The molecular formula is C16H25NO5S. The van der Waals surface area contributed by atoms with E-state index in [2.05, 4.69) is 4.72 Å². The van der Waals surface area contributed by atoms with Crippen LogP contribution in [0.25, 0.3) is 0 Å². The molecular weight excluding hydrogens is 318 g/mol. The van der Waals surface area contributed by atoms with Crippen LogP contribution in [0.4, 0.5) is 0 Å². The van der Waals surface area contributed by atoms with Crippen molar-refractivity contribution in [1.29, 1.82) is 0 Å². The van der Waals surface area contributed by atoms with Crippen molar-refractivity contribution in [3.05, 3.63) is 28.3 Å². The highest BCUT2D eigenvalue weighted by molar-refractivity contribution is 7.89. The molecule has 0 radical (unpaired) electrons. The Morgan fingerprint density at radius 1 is 1.26 bits per heavy atom. The van der Waals surface area contributed by atoms with Crippen LogP contribution in [0.3, 0.4) is 0 Å². The van der Waals surface area contributed by atoms with Crippen LogP contribution in [0, 0.1) is 20.8 Å². The summed E-state index contributed by atoms with van der Waals surface area (Å²) in [5.74, 6) is -0.998. The molecule has 0 saturated carbocycles. The third-order valence-electron chi connectivity index (χ3n) is 3.90. The summed E-state index contributed by atoms with van der Waals surface area (Å²) >= 11 is 0. The summed E-state index contributed by atoms with van der Waals surface area (Å²) in [6, 6.07) is 1.70. The van der Waals surface area contributed by atoms with E-state index in [-0.39, 0.29) is 17.9 Å². The van der Waals surface area contributed by atoms with Gasteiger partial charge in [-0.3, -0.25) is 4.79 Å². The molecule has 0 bridgehead atoms. The molecule has 7 heteroatoms. The van der Waals surface area contributed by atoms with Gasteiger partial charge in [-0.15, -0.1) is 0 Å². The molecule has 0 heterocycles. The number of aliphatic hydroxyl groups excluding tert-OH is 1. The first-order valence-electron chi connectivity index (χ1n) is 7.59. The number of sulfonamides is 1. The van der Waals surface area contributed by atoms with E-state index in [1.54, 1.807) is 26.8 Å². The Kier molecular flexibility index (Phi) is 6.73. The number of carboxylic acid groups (broad SMARTS) is 1. The summed E-state index contributed by atoms with van der Waals surface area (Å²) in [5, 5.41) is 18.5. The molecule has 0 spiro atoms. The maximum atomic E-state index is 12.6. The van der Waals surface area contributed by atoms with Crippen molar-refractivity contribution in [1.82, 2.24) is 4.72 Å². The van der Waals surface area contributed by atoms with Crippen LogP contribution in [0.2, 0.25) is 0 Å². The number of carbonyl (C=O) groups is 1. The summed E-state index contributed by atoms with van der Waals surface area (Å²) in [4.78, 5) is 11.1. The second kappa shape index (κ2) is 7.90. The Balaban J connectivity index is 3.17. The molecule has 0 aromatic heterocycles. The summed E-state index contributed by atoms with van der Waals surface area (Å²) in [7, 11) is -3.75. The lowest BCUT2D eigenvalue weighted by molar-refractivity contribution is -0.136. The van der Waals surface area contributed by atoms with E-state index in [0.717, 1.165) is 5.56 Å². The van der Waals surface area contributed by atoms with Crippen LogP contribution < -0.4 is 4.72 Å². The predicted molar refractivity (Wildman–Crippen MR) is 88.1 cm³/mol. The minimum Gasteiger partial charge on any atom is -0.481 e. The highest BCUT2D eigenvalue weighted by Gasteiger charge is 2.23. The van der Waals surface area contributed by atoms with Crippen LogP contribution in [0.1, 0.15) is 42.0 Å². The van der Waals surface area contributed by atoms with Gasteiger partial charge in [0.05, 0.1) is 17.4 Å². The number of aliphatic carboxylic acids is 1. The molecule has 1 aromatic rings. The lowest BCUT2D eigenvalue weighted by atomic mass is 9.97. The summed E-state index contributed by atoms with van der Waals surface area (Å²) < 4.78 is 27.6. The Hall–Kier alpha value is -1.44. The molecule has 1 rings (SSSR count). The normalized spacial score (nSPS) is 13.1. The van der Waals surface area contributed by atoms with Gasteiger partial charge in [-0.25, -0.2) is 13.1 Å². The number of benzene rings is 1. The van der Waals surface area contributed by atoms with Gasteiger partial charge in [0, 0.05) is 6.54 Å². The monoisotopic (exact) mass is 343 g/mol. The number of nitrogens with one attached hydrogen (secondary N) is 1. The number of hydrogen-bond acceptors (Lipinski definition) is 4. The van der Waals surface area contributed by atoms with Crippen LogP contribution in [-0.4, -0.2) is 37.2 Å². The van der Waals surface area contributed by atoms with Crippen LogP contribution in [0.5, 0.6) is 0 Å². The Labute approximate surface area is 137 Å². The number of rotatable bonds is 8. The first kappa shape index (κ1) is 19.6. The SMILES string of the molecule is CCC(O)CCNS(=O)(=O)c1c(C)cc(C)c(CC(=O)O)c1C. The lowest BCUT2D eigenvalue weighted by Gasteiger charge is -2.17. The molecule has 1 aromatic carbocycles. The highest BCUT2D eigenvalue weighted by Crippen LogP contribution is 2.26. The Bertz CT molecular complexity index is 682. The van der Waals surface area contributed by atoms with Gasteiger partial charge in [-0.1, -0.05) is 13.0 Å². The molecule has 0 aliphatic carbocycles. The molecule has 6 nitrogen and oxygen atoms in total. The van der Waals surface area contributed by atoms with E-state index >= 15 is 0 Å². The van der Waals surface area contributed by atoms with Crippen molar-refractivity contribution in [3.63, 3.8) is 0 Å².